The Morgan fingerprint density at radius 3 is 2.83 bits per heavy atom. The van der Waals surface area contributed by atoms with E-state index in [0.717, 1.165) is 25.1 Å². The van der Waals surface area contributed by atoms with Crippen LogP contribution in [0.3, 0.4) is 0 Å². The predicted octanol–water partition coefficient (Wildman–Crippen LogP) is 1.46. The minimum atomic E-state index is -0.209. The van der Waals surface area contributed by atoms with Crippen molar-refractivity contribution in [2.45, 2.75) is 32.7 Å². The third-order valence-electron chi connectivity index (χ3n) is 5.04. The van der Waals surface area contributed by atoms with E-state index in [2.05, 4.69) is 22.8 Å². The highest BCUT2D eigenvalue weighted by Gasteiger charge is 2.34. The molecule has 2 amide bonds. The monoisotopic (exact) mass is 329 g/mol. The second kappa shape index (κ2) is 7.79. The molecule has 1 aromatic rings. The number of aryl methyl sites for hydroxylation is 1. The maximum absolute atomic E-state index is 12.4. The summed E-state index contributed by atoms with van der Waals surface area (Å²) in [6.07, 6.45) is 2.67. The number of piperidine rings is 1. The van der Waals surface area contributed by atoms with Crippen LogP contribution >= 0.6 is 0 Å². The van der Waals surface area contributed by atoms with E-state index in [4.69, 9.17) is 0 Å². The molecule has 5 nitrogen and oxygen atoms in total. The maximum atomic E-state index is 12.4. The van der Waals surface area contributed by atoms with Crippen molar-refractivity contribution in [1.29, 1.82) is 0 Å². The van der Waals surface area contributed by atoms with Gasteiger partial charge in [0.15, 0.2) is 0 Å². The van der Waals surface area contributed by atoms with E-state index >= 15 is 0 Å². The molecule has 1 aromatic carbocycles. The summed E-state index contributed by atoms with van der Waals surface area (Å²) >= 11 is 0. The van der Waals surface area contributed by atoms with Gasteiger partial charge in [-0.2, -0.15) is 0 Å². The number of amides is 2. The smallest absolute Gasteiger partial charge is 0.225 e. The lowest BCUT2D eigenvalue weighted by Gasteiger charge is -2.23. The standard InChI is InChI=1S/C19H27N3O2/c1-14-4-6-15(7-5-14)12-22-13-17(9-18(22)23)19(24)21-11-16-3-2-8-20-10-16/h4-7,16-17,20H,2-3,8-13H2,1H3,(H,21,24). The lowest BCUT2D eigenvalue weighted by atomic mass is 9.99. The van der Waals surface area contributed by atoms with Crippen LogP contribution in [0.2, 0.25) is 0 Å². The molecule has 0 aliphatic carbocycles. The van der Waals surface area contributed by atoms with Gasteiger partial charge in [-0.15, -0.1) is 0 Å². The summed E-state index contributed by atoms with van der Waals surface area (Å²) in [6, 6.07) is 8.20. The average Bonchev–Trinajstić information content (AvgIpc) is 2.96. The topological polar surface area (TPSA) is 61.4 Å². The van der Waals surface area contributed by atoms with Crippen molar-refractivity contribution in [3.63, 3.8) is 0 Å². The molecule has 0 bridgehead atoms. The zero-order valence-corrected chi connectivity index (χ0v) is 14.4. The molecule has 2 saturated heterocycles. The van der Waals surface area contributed by atoms with Crippen molar-refractivity contribution < 1.29 is 9.59 Å². The van der Waals surface area contributed by atoms with E-state index in [0.29, 0.717) is 32.0 Å². The lowest BCUT2D eigenvalue weighted by molar-refractivity contribution is -0.129. The van der Waals surface area contributed by atoms with Gasteiger partial charge in [-0.1, -0.05) is 29.8 Å². The fourth-order valence-corrected chi connectivity index (χ4v) is 3.50. The third kappa shape index (κ3) is 4.35. The minimum absolute atomic E-state index is 0.0281. The molecular formula is C19H27N3O2. The number of carbonyl (C=O) groups is 2. The summed E-state index contributed by atoms with van der Waals surface area (Å²) in [7, 11) is 0. The zero-order chi connectivity index (χ0) is 16.9. The second-order valence-corrected chi connectivity index (χ2v) is 7.12. The Morgan fingerprint density at radius 2 is 2.12 bits per heavy atom. The van der Waals surface area contributed by atoms with Crippen molar-refractivity contribution in [1.82, 2.24) is 15.5 Å². The summed E-state index contributed by atoms with van der Waals surface area (Å²) in [5.41, 5.74) is 2.32. The fourth-order valence-electron chi connectivity index (χ4n) is 3.50. The molecule has 2 fully saturated rings. The summed E-state index contributed by atoms with van der Waals surface area (Å²) in [5.74, 6) is 0.415. The Bertz CT molecular complexity index is 579. The fraction of sp³-hybridized carbons (Fsp3) is 0.579. The Balaban J connectivity index is 1.48. The highest BCUT2D eigenvalue weighted by Crippen LogP contribution is 2.21. The quantitative estimate of drug-likeness (QED) is 0.860. The summed E-state index contributed by atoms with van der Waals surface area (Å²) in [5, 5.41) is 6.41. The van der Waals surface area contributed by atoms with Crippen LogP contribution in [0.4, 0.5) is 0 Å². The van der Waals surface area contributed by atoms with Crippen LogP contribution in [-0.2, 0) is 16.1 Å². The van der Waals surface area contributed by atoms with Crippen LogP contribution < -0.4 is 10.6 Å². The second-order valence-electron chi connectivity index (χ2n) is 7.12. The molecular weight excluding hydrogens is 302 g/mol. The van der Waals surface area contributed by atoms with Gasteiger partial charge >= 0.3 is 0 Å². The molecule has 24 heavy (non-hydrogen) atoms. The number of hydrogen-bond donors (Lipinski definition) is 2. The number of carbonyl (C=O) groups excluding carboxylic acids is 2. The Morgan fingerprint density at radius 1 is 1.33 bits per heavy atom. The van der Waals surface area contributed by atoms with E-state index in [1.165, 1.54) is 12.0 Å². The average molecular weight is 329 g/mol. The van der Waals surface area contributed by atoms with Gasteiger partial charge in [-0.05, 0) is 44.3 Å². The number of nitrogens with zero attached hydrogens (tertiary/aromatic N) is 1. The highest BCUT2D eigenvalue weighted by molar-refractivity contribution is 5.89. The first kappa shape index (κ1) is 17.0. The summed E-state index contributed by atoms with van der Waals surface area (Å²) < 4.78 is 0. The van der Waals surface area contributed by atoms with Crippen molar-refractivity contribution >= 4 is 11.8 Å². The molecule has 0 saturated carbocycles. The number of likely N-dealkylation sites (tertiary alicyclic amines) is 1. The van der Waals surface area contributed by atoms with Crippen LogP contribution in [0, 0.1) is 18.8 Å². The van der Waals surface area contributed by atoms with Crippen LogP contribution in [-0.4, -0.2) is 42.9 Å². The van der Waals surface area contributed by atoms with Crippen molar-refractivity contribution in [3.05, 3.63) is 35.4 Å². The van der Waals surface area contributed by atoms with Gasteiger partial charge in [-0.25, -0.2) is 0 Å². The molecule has 2 aliphatic heterocycles. The van der Waals surface area contributed by atoms with Crippen molar-refractivity contribution in [2.24, 2.45) is 11.8 Å². The maximum Gasteiger partial charge on any atom is 0.225 e. The molecule has 2 N–H and O–H groups in total. The van der Waals surface area contributed by atoms with E-state index in [9.17, 15) is 9.59 Å². The van der Waals surface area contributed by atoms with Crippen LogP contribution in [0.15, 0.2) is 24.3 Å². The van der Waals surface area contributed by atoms with E-state index < -0.39 is 0 Å². The molecule has 2 atom stereocenters. The molecule has 0 spiro atoms. The number of nitrogens with one attached hydrogen (secondary N) is 2. The number of rotatable bonds is 5. The molecule has 2 aliphatic rings. The van der Waals surface area contributed by atoms with Gasteiger partial charge in [0.1, 0.15) is 0 Å². The molecule has 2 unspecified atom stereocenters. The zero-order valence-electron chi connectivity index (χ0n) is 14.4. The Kier molecular flexibility index (Phi) is 5.51. The normalized spacial score (nSPS) is 24.2. The minimum Gasteiger partial charge on any atom is -0.355 e. The van der Waals surface area contributed by atoms with Crippen molar-refractivity contribution in [2.75, 3.05) is 26.2 Å². The molecule has 0 radical (unpaired) electrons. The van der Waals surface area contributed by atoms with Gasteiger partial charge in [0.05, 0.1) is 5.92 Å². The molecule has 2 heterocycles. The summed E-state index contributed by atoms with van der Waals surface area (Å²) in [6.45, 7) is 5.94. The predicted molar refractivity (Wildman–Crippen MR) is 93.3 cm³/mol. The van der Waals surface area contributed by atoms with Gasteiger partial charge in [0.2, 0.25) is 11.8 Å². The van der Waals surface area contributed by atoms with Gasteiger partial charge < -0.3 is 15.5 Å². The number of benzene rings is 1. The number of hydrogen-bond acceptors (Lipinski definition) is 3. The van der Waals surface area contributed by atoms with E-state index in [1.54, 1.807) is 4.90 Å². The molecule has 5 heteroatoms. The van der Waals surface area contributed by atoms with Crippen LogP contribution in [0.5, 0.6) is 0 Å². The largest absolute Gasteiger partial charge is 0.355 e. The Labute approximate surface area is 143 Å². The van der Waals surface area contributed by atoms with E-state index in [1.807, 2.05) is 19.1 Å². The van der Waals surface area contributed by atoms with Crippen molar-refractivity contribution in [3.8, 4) is 0 Å². The van der Waals surface area contributed by atoms with Gasteiger partial charge in [0, 0.05) is 26.1 Å². The molecule has 130 valence electrons. The van der Waals surface area contributed by atoms with Crippen LogP contribution in [0.25, 0.3) is 0 Å². The highest BCUT2D eigenvalue weighted by atomic mass is 16.2. The SMILES string of the molecule is Cc1ccc(CN2CC(C(=O)NCC3CCCNC3)CC2=O)cc1. The Hall–Kier alpha value is -1.88. The first-order valence-corrected chi connectivity index (χ1v) is 8.93. The molecule has 3 rings (SSSR count). The molecule has 0 aromatic heterocycles. The lowest BCUT2D eigenvalue weighted by Crippen LogP contribution is -2.40. The summed E-state index contributed by atoms with van der Waals surface area (Å²) in [4.78, 5) is 26.4. The van der Waals surface area contributed by atoms with Crippen LogP contribution in [0.1, 0.15) is 30.4 Å². The van der Waals surface area contributed by atoms with Gasteiger partial charge in [-0.3, -0.25) is 9.59 Å². The first-order valence-electron chi connectivity index (χ1n) is 8.93. The third-order valence-corrected chi connectivity index (χ3v) is 5.04. The van der Waals surface area contributed by atoms with Gasteiger partial charge in [0.25, 0.3) is 0 Å². The van der Waals surface area contributed by atoms with E-state index in [-0.39, 0.29) is 17.7 Å². The first-order chi connectivity index (χ1) is 11.6.